The fourth-order valence-electron chi connectivity index (χ4n) is 3.65. The Labute approximate surface area is 168 Å². The largest absolute Gasteiger partial charge is 0.497 e. The van der Waals surface area contributed by atoms with Crippen molar-refractivity contribution in [2.45, 2.75) is 45.4 Å². The van der Waals surface area contributed by atoms with Crippen LogP contribution in [0.4, 0.5) is 0 Å². The number of nitrogens with two attached hydrogens (primary N) is 1. The van der Waals surface area contributed by atoms with Crippen molar-refractivity contribution >= 4 is 10.9 Å². The van der Waals surface area contributed by atoms with Crippen molar-refractivity contribution in [3.05, 3.63) is 47.5 Å². The van der Waals surface area contributed by atoms with Gasteiger partial charge in [0.05, 0.1) is 19.9 Å². The molecule has 0 aliphatic carbocycles. The normalized spacial score (nSPS) is 11.8. The Bertz CT molecular complexity index is 951. The number of aryl methyl sites for hydroxylation is 1. The summed E-state index contributed by atoms with van der Waals surface area (Å²) in [6, 6.07) is 12.7. The number of methoxy groups -OCH3 is 2. The van der Waals surface area contributed by atoms with Gasteiger partial charge in [0.25, 0.3) is 0 Å². The maximum absolute atomic E-state index is 5.75. The van der Waals surface area contributed by atoms with Crippen molar-refractivity contribution in [3.8, 4) is 22.8 Å². The third kappa shape index (κ3) is 4.02. The summed E-state index contributed by atoms with van der Waals surface area (Å²) in [7, 11) is 3.37. The summed E-state index contributed by atoms with van der Waals surface area (Å²) in [6.45, 7) is 7.48. The summed E-state index contributed by atoms with van der Waals surface area (Å²) in [6.07, 6.45) is 3.06. The van der Waals surface area contributed by atoms with E-state index in [0.717, 1.165) is 54.1 Å². The molecule has 150 valence electrons. The van der Waals surface area contributed by atoms with Gasteiger partial charge in [0.1, 0.15) is 11.5 Å². The number of aromatic amines is 1. The van der Waals surface area contributed by atoms with Crippen molar-refractivity contribution in [1.29, 1.82) is 0 Å². The molecule has 0 bridgehead atoms. The first-order chi connectivity index (χ1) is 13.4. The molecule has 0 unspecified atom stereocenters. The summed E-state index contributed by atoms with van der Waals surface area (Å²) in [5.41, 5.74) is 11.9. The Hall–Kier alpha value is -2.46. The molecule has 0 atom stereocenters. The third-order valence-electron chi connectivity index (χ3n) is 5.33. The van der Waals surface area contributed by atoms with Gasteiger partial charge in [-0.3, -0.25) is 0 Å². The van der Waals surface area contributed by atoms with E-state index in [-0.39, 0.29) is 5.41 Å². The zero-order valence-corrected chi connectivity index (χ0v) is 17.7. The number of H-pyrrole nitrogens is 1. The molecule has 0 amide bonds. The third-order valence-corrected chi connectivity index (χ3v) is 5.33. The predicted molar refractivity (Wildman–Crippen MR) is 118 cm³/mol. The van der Waals surface area contributed by atoms with Gasteiger partial charge in [-0.1, -0.05) is 26.8 Å². The van der Waals surface area contributed by atoms with Crippen LogP contribution in [-0.4, -0.2) is 25.7 Å². The second-order valence-electron chi connectivity index (χ2n) is 8.30. The Morgan fingerprint density at radius 1 is 0.964 bits per heavy atom. The molecule has 1 aromatic heterocycles. The van der Waals surface area contributed by atoms with Crippen LogP contribution in [0.5, 0.6) is 11.5 Å². The van der Waals surface area contributed by atoms with E-state index in [0.29, 0.717) is 0 Å². The van der Waals surface area contributed by atoms with E-state index in [1.54, 1.807) is 14.2 Å². The lowest BCUT2D eigenvalue weighted by Gasteiger charge is -2.19. The average Bonchev–Trinajstić information content (AvgIpc) is 3.04. The maximum Gasteiger partial charge on any atom is 0.131 e. The first kappa shape index (κ1) is 20.3. The molecular formula is C24H32N2O2. The SMILES string of the molecule is COc1ccc(-c2[nH]c3ccc(C(C)(C)C)cc3c2CCCCN)c(OC)c1. The van der Waals surface area contributed by atoms with E-state index in [2.05, 4.69) is 50.0 Å². The van der Waals surface area contributed by atoms with E-state index in [4.69, 9.17) is 15.2 Å². The molecule has 0 aliphatic heterocycles. The molecule has 4 heteroatoms. The molecule has 0 saturated heterocycles. The van der Waals surface area contributed by atoms with Crippen LogP contribution in [0.15, 0.2) is 36.4 Å². The van der Waals surface area contributed by atoms with E-state index < -0.39 is 0 Å². The van der Waals surface area contributed by atoms with Crippen LogP contribution in [-0.2, 0) is 11.8 Å². The van der Waals surface area contributed by atoms with Crippen molar-refractivity contribution in [2.75, 3.05) is 20.8 Å². The zero-order valence-electron chi connectivity index (χ0n) is 17.7. The smallest absolute Gasteiger partial charge is 0.131 e. The molecule has 3 aromatic rings. The summed E-state index contributed by atoms with van der Waals surface area (Å²) in [5, 5.41) is 1.29. The molecule has 4 nitrogen and oxygen atoms in total. The minimum Gasteiger partial charge on any atom is -0.497 e. The number of hydrogen-bond donors (Lipinski definition) is 2. The van der Waals surface area contributed by atoms with Crippen LogP contribution in [0.25, 0.3) is 22.2 Å². The number of aromatic nitrogens is 1. The van der Waals surface area contributed by atoms with Crippen molar-refractivity contribution in [3.63, 3.8) is 0 Å². The molecule has 28 heavy (non-hydrogen) atoms. The number of rotatable bonds is 7. The summed E-state index contributed by atoms with van der Waals surface area (Å²) >= 11 is 0. The van der Waals surface area contributed by atoms with Gasteiger partial charge in [-0.05, 0) is 66.6 Å². The average molecular weight is 381 g/mol. The van der Waals surface area contributed by atoms with E-state index in [1.807, 2.05) is 12.1 Å². The highest BCUT2D eigenvalue weighted by atomic mass is 16.5. The molecule has 1 heterocycles. The van der Waals surface area contributed by atoms with E-state index >= 15 is 0 Å². The highest BCUT2D eigenvalue weighted by molar-refractivity contribution is 5.92. The number of ether oxygens (including phenoxy) is 2. The van der Waals surface area contributed by atoms with Crippen LogP contribution >= 0.6 is 0 Å². The standard InChI is InChI=1S/C24H32N2O2/c1-24(2,3)16-9-12-21-20(14-16)18(8-6-7-13-25)23(26-21)19-11-10-17(27-4)15-22(19)28-5/h9-12,14-15,26H,6-8,13,25H2,1-5H3. The van der Waals surface area contributed by atoms with E-state index in [1.165, 1.54) is 16.5 Å². The topological polar surface area (TPSA) is 60.3 Å². The summed E-state index contributed by atoms with van der Waals surface area (Å²) in [5.74, 6) is 1.60. The highest BCUT2D eigenvalue weighted by Gasteiger charge is 2.20. The number of hydrogen-bond acceptors (Lipinski definition) is 3. The number of nitrogens with one attached hydrogen (secondary N) is 1. The summed E-state index contributed by atoms with van der Waals surface area (Å²) in [4.78, 5) is 3.65. The van der Waals surface area contributed by atoms with Gasteiger partial charge in [-0.2, -0.15) is 0 Å². The van der Waals surface area contributed by atoms with Gasteiger partial charge in [-0.15, -0.1) is 0 Å². The Morgan fingerprint density at radius 2 is 1.75 bits per heavy atom. The molecule has 3 N–H and O–H groups in total. The lowest BCUT2D eigenvalue weighted by Crippen LogP contribution is -2.10. The van der Waals surface area contributed by atoms with E-state index in [9.17, 15) is 0 Å². The van der Waals surface area contributed by atoms with Gasteiger partial charge in [-0.25, -0.2) is 0 Å². The van der Waals surface area contributed by atoms with Gasteiger partial charge in [0.2, 0.25) is 0 Å². The first-order valence-corrected chi connectivity index (χ1v) is 9.96. The zero-order chi connectivity index (χ0) is 20.3. The van der Waals surface area contributed by atoms with Crippen LogP contribution in [0.2, 0.25) is 0 Å². The predicted octanol–water partition coefficient (Wildman–Crippen LogP) is 5.43. The van der Waals surface area contributed by atoms with Crippen LogP contribution < -0.4 is 15.2 Å². The Morgan fingerprint density at radius 3 is 2.39 bits per heavy atom. The van der Waals surface area contributed by atoms with Crippen LogP contribution in [0.1, 0.15) is 44.7 Å². The monoisotopic (exact) mass is 380 g/mol. The van der Waals surface area contributed by atoms with Crippen molar-refractivity contribution in [2.24, 2.45) is 5.73 Å². The molecular weight excluding hydrogens is 348 g/mol. The van der Waals surface area contributed by atoms with Gasteiger partial charge in [0.15, 0.2) is 0 Å². The first-order valence-electron chi connectivity index (χ1n) is 9.96. The minimum atomic E-state index is 0.109. The van der Waals surface area contributed by atoms with Crippen molar-refractivity contribution < 1.29 is 9.47 Å². The second-order valence-corrected chi connectivity index (χ2v) is 8.30. The maximum atomic E-state index is 5.75. The molecule has 0 saturated carbocycles. The van der Waals surface area contributed by atoms with Crippen LogP contribution in [0.3, 0.4) is 0 Å². The fourth-order valence-corrected chi connectivity index (χ4v) is 3.65. The van der Waals surface area contributed by atoms with Gasteiger partial charge < -0.3 is 20.2 Å². The molecule has 3 rings (SSSR count). The molecule has 0 fully saturated rings. The van der Waals surface area contributed by atoms with Gasteiger partial charge in [0, 0.05) is 22.5 Å². The molecule has 2 aromatic carbocycles. The lowest BCUT2D eigenvalue weighted by atomic mass is 9.86. The molecule has 0 radical (unpaired) electrons. The fraction of sp³-hybridized carbons (Fsp3) is 0.417. The highest BCUT2D eigenvalue weighted by Crippen LogP contribution is 2.39. The number of unbranched alkanes of at least 4 members (excludes halogenated alkanes) is 1. The molecule has 0 spiro atoms. The minimum absolute atomic E-state index is 0.109. The summed E-state index contributed by atoms with van der Waals surface area (Å²) < 4.78 is 11.0. The molecule has 0 aliphatic rings. The number of fused-ring (bicyclic) bond motifs is 1. The van der Waals surface area contributed by atoms with Gasteiger partial charge >= 0.3 is 0 Å². The number of benzene rings is 2. The van der Waals surface area contributed by atoms with Crippen LogP contribution in [0, 0.1) is 0 Å². The van der Waals surface area contributed by atoms with Crippen molar-refractivity contribution in [1.82, 2.24) is 4.98 Å². The quantitative estimate of drug-likeness (QED) is 0.537. The Kier molecular flexibility index (Phi) is 5.99. The lowest BCUT2D eigenvalue weighted by molar-refractivity contribution is 0.395. The Balaban J connectivity index is 2.19. The second kappa shape index (κ2) is 8.27.